The van der Waals surface area contributed by atoms with Crippen LogP contribution in [0.4, 0.5) is 14.5 Å². The quantitative estimate of drug-likeness (QED) is 0.860. The molecule has 0 heterocycles. The van der Waals surface area contributed by atoms with Crippen LogP contribution in [-0.4, -0.2) is 5.78 Å². The van der Waals surface area contributed by atoms with E-state index in [-0.39, 0.29) is 18.6 Å². The summed E-state index contributed by atoms with van der Waals surface area (Å²) >= 11 is 0. The van der Waals surface area contributed by atoms with Crippen molar-refractivity contribution in [3.05, 3.63) is 65.2 Å². The van der Waals surface area contributed by atoms with Crippen LogP contribution in [0.1, 0.15) is 11.1 Å². The average molecular weight is 261 g/mol. The number of ketones is 1. The van der Waals surface area contributed by atoms with Crippen molar-refractivity contribution in [1.29, 1.82) is 0 Å². The second-order valence-corrected chi connectivity index (χ2v) is 4.41. The SMILES string of the molecule is Nc1cccc(CC(=O)Cc2cc(F)cc(F)c2)c1. The van der Waals surface area contributed by atoms with E-state index >= 15 is 0 Å². The molecule has 0 aromatic heterocycles. The molecule has 2 N–H and O–H groups in total. The van der Waals surface area contributed by atoms with E-state index < -0.39 is 11.6 Å². The maximum atomic E-state index is 13.0. The number of anilines is 1. The fourth-order valence-corrected chi connectivity index (χ4v) is 1.93. The van der Waals surface area contributed by atoms with E-state index in [4.69, 9.17) is 5.73 Å². The van der Waals surface area contributed by atoms with Gasteiger partial charge in [-0.15, -0.1) is 0 Å². The Morgan fingerprint density at radius 2 is 1.58 bits per heavy atom. The Kier molecular flexibility index (Phi) is 3.90. The number of hydrogen-bond acceptors (Lipinski definition) is 2. The molecule has 0 bridgehead atoms. The van der Waals surface area contributed by atoms with Crippen LogP contribution in [0, 0.1) is 11.6 Å². The lowest BCUT2D eigenvalue weighted by Crippen LogP contribution is -2.07. The van der Waals surface area contributed by atoms with Crippen molar-refractivity contribution in [2.24, 2.45) is 0 Å². The number of hydrogen-bond donors (Lipinski definition) is 1. The Balaban J connectivity index is 2.05. The van der Waals surface area contributed by atoms with Gasteiger partial charge in [0.1, 0.15) is 17.4 Å². The highest BCUT2D eigenvalue weighted by Crippen LogP contribution is 2.12. The van der Waals surface area contributed by atoms with Gasteiger partial charge in [0.05, 0.1) is 0 Å². The number of benzene rings is 2. The largest absolute Gasteiger partial charge is 0.399 e. The molecule has 0 aliphatic carbocycles. The van der Waals surface area contributed by atoms with Crippen LogP contribution in [0.5, 0.6) is 0 Å². The highest BCUT2D eigenvalue weighted by atomic mass is 19.1. The Labute approximate surface area is 109 Å². The van der Waals surface area contributed by atoms with Gasteiger partial charge in [-0.1, -0.05) is 12.1 Å². The molecule has 0 aliphatic rings. The maximum Gasteiger partial charge on any atom is 0.141 e. The fourth-order valence-electron chi connectivity index (χ4n) is 1.93. The second-order valence-electron chi connectivity index (χ2n) is 4.41. The first kappa shape index (κ1) is 13.2. The lowest BCUT2D eigenvalue weighted by Gasteiger charge is -2.03. The van der Waals surface area contributed by atoms with E-state index in [1.165, 1.54) is 12.1 Å². The highest BCUT2D eigenvalue weighted by molar-refractivity contribution is 5.83. The summed E-state index contributed by atoms with van der Waals surface area (Å²) in [5, 5.41) is 0. The fraction of sp³-hybridized carbons (Fsp3) is 0.133. The molecule has 0 unspecified atom stereocenters. The number of nitrogens with two attached hydrogens (primary N) is 1. The predicted molar refractivity (Wildman–Crippen MR) is 69.6 cm³/mol. The summed E-state index contributed by atoms with van der Waals surface area (Å²) in [4.78, 5) is 11.8. The number of nitrogen functional groups attached to an aromatic ring is 1. The molecular formula is C15H13F2NO. The summed E-state index contributed by atoms with van der Waals surface area (Å²) in [6.07, 6.45) is 0.201. The minimum absolute atomic E-state index is 0.00345. The first-order valence-electron chi connectivity index (χ1n) is 5.84. The number of rotatable bonds is 4. The van der Waals surface area contributed by atoms with E-state index in [9.17, 15) is 13.6 Å². The lowest BCUT2D eigenvalue weighted by atomic mass is 10.0. The van der Waals surface area contributed by atoms with Crippen molar-refractivity contribution in [3.8, 4) is 0 Å². The molecule has 19 heavy (non-hydrogen) atoms. The van der Waals surface area contributed by atoms with E-state index in [1.54, 1.807) is 24.3 Å². The van der Waals surface area contributed by atoms with Gasteiger partial charge >= 0.3 is 0 Å². The van der Waals surface area contributed by atoms with E-state index in [0.717, 1.165) is 11.6 Å². The van der Waals surface area contributed by atoms with Gasteiger partial charge in [-0.2, -0.15) is 0 Å². The van der Waals surface area contributed by atoms with Gasteiger partial charge < -0.3 is 5.73 Å². The van der Waals surface area contributed by atoms with Crippen LogP contribution in [0.15, 0.2) is 42.5 Å². The van der Waals surface area contributed by atoms with Gasteiger partial charge in [0.15, 0.2) is 0 Å². The predicted octanol–water partition coefficient (Wildman–Crippen LogP) is 2.90. The standard InChI is InChI=1S/C15H13F2NO/c16-12-4-11(5-13(17)9-12)8-15(19)7-10-2-1-3-14(18)6-10/h1-6,9H,7-8,18H2. The molecule has 98 valence electrons. The van der Waals surface area contributed by atoms with E-state index in [2.05, 4.69) is 0 Å². The monoisotopic (exact) mass is 261 g/mol. The first-order chi connectivity index (χ1) is 9.02. The van der Waals surface area contributed by atoms with Crippen LogP contribution in [0.2, 0.25) is 0 Å². The van der Waals surface area contributed by atoms with E-state index in [0.29, 0.717) is 11.3 Å². The third-order valence-corrected chi connectivity index (χ3v) is 2.68. The minimum atomic E-state index is -0.674. The molecule has 2 aromatic rings. The summed E-state index contributed by atoms with van der Waals surface area (Å²) in [5.74, 6) is -1.46. The van der Waals surface area contributed by atoms with Crippen LogP contribution >= 0.6 is 0 Å². The minimum Gasteiger partial charge on any atom is -0.399 e. The molecule has 2 aromatic carbocycles. The summed E-state index contributed by atoms with van der Waals surface area (Å²) in [6.45, 7) is 0. The molecule has 0 fully saturated rings. The van der Waals surface area contributed by atoms with Gasteiger partial charge in [0.25, 0.3) is 0 Å². The normalized spacial score (nSPS) is 10.4. The molecule has 2 nitrogen and oxygen atoms in total. The molecular weight excluding hydrogens is 248 g/mol. The van der Waals surface area contributed by atoms with Crippen LogP contribution in [0.25, 0.3) is 0 Å². The molecule has 0 radical (unpaired) electrons. The van der Waals surface area contributed by atoms with Crippen LogP contribution in [0.3, 0.4) is 0 Å². The molecule has 0 amide bonds. The lowest BCUT2D eigenvalue weighted by molar-refractivity contribution is -0.117. The van der Waals surface area contributed by atoms with Gasteiger partial charge in [0, 0.05) is 24.6 Å². The second kappa shape index (κ2) is 5.61. The Bertz CT molecular complexity index is 591. The van der Waals surface area contributed by atoms with Gasteiger partial charge in [-0.3, -0.25) is 4.79 Å². The van der Waals surface area contributed by atoms with Crippen molar-refractivity contribution >= 4 is 11.5 Å². The zero-order chi connectivity index (χ0) is 13.8. The zero-order valence-corrected chi connectivity index (χ0v) is 10.2. The highest BCUT2D eigenvalue weighted by Gasteiger charge is 2.08. The van der Waals surface area contributed by atoms with Crippen molar-refractivity contribution in [1.82, 2.24) is 0 Å². The molecule has 0 saturated carbocycles. The Morgan fingerprint density at radius 1 is 0.947 bits per heavy atom. The molecule has 0 saturated heterocycles. The zero-order valence-electron chi connectivity index (χ0n) is 10.2. The average Bonchev–Trinajstić information content (AvgIpc) is 2.26. The van der Waals surface area contributed by atoms with Crippen molar-refractivity contribution in [2.45, 2.75) is 12.8 Å². The third kappa shape index (κ3) is 3.88. The summed E-state index contributed by atoms with van der Waals surface area (Å²) < 4.78 is 26.0. The van der Waals surface area contributed by atoms with Crippen molar-refractivity contribution in [3.63, 3.8) is 0 Å². The van der Waals surface area contributed by atoms with Crippen molar-refractivity contribution in [2.75, 3.05) is 5.73 Å². The summed E-state index contributed by atoms with van der Waals surface area (Å²) in [7, 11) is 0. The number of carbonyl (C=O) groups excluding carboxylic acids is 1. The first-order valence-corrected chi connectivity index (χ1v) is 5.84. The molecule has 0 atom stereocenters. The van der Waals surface area contributed by atoms with E-state index in [1.807, 2.05) is 0 Å². The Hall–Kier alpha value is -2.23. The number of Topliss-reactive ketones (excluding diaryl/α,β-unsaturated/α-hetero) is 1. The molecule has 0 aliphatic heterocycles. The molecule has 4 heteroatoms. The van der Waals surface area contributed by atoms with Crippen LogP contribution in [-0.2, 0) is 17.6 Å². The summed E-state index contributed by atoms with van der Waals surface area (Å²) in [6, 6.07) is 10.1. The van der Waals surface area contributed by atoms with Crippen LogP contribution < -0.4 is 5.73 Å². The molecule has 0 spiro atoms. The van der Waals surface area contributed by atoms with Crippen molar-refractivity contribution < 1.29 is 13.6 Å². The summed E-state index contributed by atoms with van der Waals surface area (Å²) in [5.41, 5.74) is 7.33. The van der Waals surface area contributed by atoms with Gasteiger partial charge in [0.2, 0.25) is 0 Å². The molecule has 2 rings (SSSR count). The topological polar surface area (TPSA) is 43.1 Å². The Morgan fingerprint density at radius 3 is 2.21 bits per heavy atom. The van der Waals surface area contributed by atoms with Gasteiger partial charge in [-0.25, -0.2) is 8.78 Å². The maximum absolute atomic E-state index is 13.0. The smallest absolute Gasteiger partial charge is 0.141 e. The number of carbonyl (C=O) groups is 1. The third-order valence-electron chi connectivity index (χ3n) is 2.68. The van der Waals surface area contributed by atoms with Gasteiger partial charge in [-0.05, 0) is 35.4 Å². The number of halogens is 2.